The van der Waals surface area contributed by atoms with Crippen molar-refractivity contribution in [3.05, 3.63) is 36.5 Å². The van der Waals surface area contributed by atoms with Crippen LogP contribution < -0.4 is 0 Å². The summed E-state index contributed by atoms with van der Waals surface area (Å²) in [6.07, 6.45) is 75.8. The first-order chi connectivity index (χ1) is 36.0. The van der Waals surface area contributed by atoms with Crippen molar-refractivity contribution >= 4 is 17.9 Å². The summed E-state index contributed by atoms with van der Waals surface area (Å²) >= 11 is 0. The van der Waals surface area contributed by atoms with Gasteiger partial charge in [0.05, 0.1) is 0 Å². The number of carbonyl (C=O) groups is 3. The van der Waals surface area contributed by atoms with Crippen molar-refractivity contribution in [1.29, 1.82) is 0 Å². The molecule has 0 aromatic rings. The Morgan fingerprint density at radius 3 is 0.795 bits per heavy atom. The maximum atomic E-state index is 12.9. The van der Waals surface area contributed by atoms with Crippen LogP contribution in [0.2, 0.25) is 0 Å². The molecule has 0 aliphatic carbocycles. The van der Waals surface area contributed by atoms with Gasteiger partial charge in [0.25, 0.3) is 0 Å². The lowest BCUT2D eigenvalue weighted by Crippen LogP contribution is -2.30. The quantitative estimate of drug-likeness (QED) is 0.0261. The zero-order valence-corrected chi connectivity index (χ0v) is 49.2. The van der Waals surface area contributed by atoms with Crippen LogP contribution >= 0.6 is 0 Å². The third-order valence-corrected chi connectivity index (χ3v) is 14.6. The molecule has 0 radical (unpaired) electrons. The molecule has 0 aromatic carbocycles. The van der Waals surface area contributed by atoms with Crippen molar-refractivity contribution in [2.24, 2.45) is 0 Å². The highest BCUT2D eigenvalue weighted by molar-refractivity contribution is 5.71. The van der Waals surface area contributed by atoms with Gasteiger partial charge in [-0.1, -0.05) is 295 Å². The molecule has 0 saturated heterocycles. The number of ether oxygens (including phenoxy) is 3. The van der Waals surface area contributed by atoms with Crippen LogP contribution in [0.5, 0.6) is 0 Å². The van der Waals surface area contributed by atoms with E-state index in [2.05, 4.69) is 57.2 Å². The Labute approximate surface area is 455 Å². The van der Waals surface area contributed by atoms with Crippen LogP contribution in [0.3, 0.4) is 0 Å². The number of hydrogen-bond donors (Lipinski definition) is 0. The van der Waals surface area contributed by atoms with E-state index < -0.39 is 6.10 Å². The predicted molar refractivity (Wildman–Crippen MR) is 316 cm³/mol. The van der Waals surface area contributed by atoms with Gasteiger partial charge < -0.3 is 14.2 Å². The zero-order valence-electron chi connectivity index (χ0n) is 49.2. The second kappa shape index (κ2) is 62.2. The average Bonchev–Trinajstić information content (AvgIpc) is 3.39. The molecule has 0 saturated carbocycles. The van der Waals surface area contributed by atoms with E-state index in [1.807, 2.05) is 0 Å². The minimum absolute atomic E-state index is 0.0739. The van der Waals surface area contributed by atoms with Crippen LogP contribution in [0.15, 0.2) is 36.5 Å². The van der Waals surface area contributed by atoms with Crippen LogP contribution in [0.1, 0.15) is 355 Å². The molecule has 0 aliphatic rings. The van der Waals surface area contributed by atoms with E-state index in [1.54, 1.807) is 0 Å². The Balaban J connectivity index is 4.29. The van der Waals surface area contributed by atoms with Gasteiger partial charge in [-0.3, -0.25) is 14.4 Å². The minimum Gasteiger partial charge on any atom is -0.462 e. The summed E-state index contributed by atoms with van der Waals surface area (Å²) in [5, 5.41) is 0. The number of allylic oxidation sites excluding steroid dienone is 6. The second-order valence-electron chi connectivity index (χ2n) is 22.0. The van der Waals surface area contributed by atoms with Crippen molar-refractivity contribution in [1.82, 2.24) is 0 Å². The van der Waals surface area contributed by atoms with Gasteiger partial charge in [0.15, 0.2) is 6.10 Å². The summed E-state index contributed by atoms with van der Waals surface area (Å²) in [5.74, 6) is -0.867. The lowest BCUT2D eigenvalue weighted by molar-refractivity contribution is -0.167. The molecule has 0 heterocycles. The Kier molecular flexibility index (Phi) is 60.2. The fraction of sp³-hybridized carbons (Fsp3) is 0.866. The lowest BCUT2D eigenvalue weighted by Gasteiger charge is -2.18. The van der Waals surface area contributed by atoms with E-state index in [-0.39, 0.29) is 31.1 Å². The predicted octanol–water partition coefficient (Wildman–Crippen LogP) is 22.0. The maximum Gasteiger partial charge on any atom is 0.306 e. The number of hydrogen-bond acceptors (Lipinski definition) is 6. The molecule has 0 aliphatic heterocycles. The van der Waals surface area contributed by atoms with Crippen molar-refractivity contribution < 1.29 is 28.6 Å². The molecule has 0 fully saturated rings. The van der Waals surface area contributed by atoms with E-state index in [1.165, 1.54) is 238 Å². The first-order valence-electron chi connectivity index (χ1n) is 32.5. The maximum absolute atomic E-state index is 12.9. The van der Waals surface area contributed by atoms with Gasteiger partial charge in [0.2, 0.25) is 0 Å². The molecule has 1 atom stereocenters. The molecule has 1 unspecified atom stereocenters. The molecule has 0 spiro atoms. The smallest absolute Gasteiger partial charge is 0.306 e. The Morgan fingerprint density at radius 2 is 0.493 bits per heavy atom. The van der Waals surface area contributed by atoms with Gasteiger partial charge in [-0.15, -0.1) is 0 Å². The second-order valence-corrected chi connectivity index (χ2v) is 22.0. The van der Waals surface area contributed by atoms with Crippen LogP contribution in [0, 0.1) is 0 Å². The highest BCUT2D eigenvalue weighted by atomic mass is 16.6. The largest absolute Gasteiger partial charge is 0.462 e. The highest BCUT2D eigenvalue weighted by Crippen LogP contribution is 2.18. The summed E-state index contributed by atoms with van der Waals surface area (Å²) in [4.78, 5) is 38.3. The molecule has 0 rings (SSSR count). The summed E-state index contributed by atoms with van der Waals surface area (Å²) < 4.78 is 16.9. The van der Waals surface area contributed by atoms with Gasteiger partial charge in [0, 0.05) is 19.3 Å². The molecule has 6 nitrogen and oxygen atoms in total. The number of carbonyl (C=O) groups excluding carboxylic acids is 3. The van der Waals surface area contributed by atoms with Gasteiger partial charge in [0.1, 0.15) is 13.2 Å². The normalized spacial score (nSPS) is 12.2. The van der Waals surface area contributed by atoms with E-state index >= 15 is 0 Å². The monoisotopic (exact) mass is 1020 g/mol. The molecule has 428 valence electrons. The topological polar surface area (TPSA) is 78.9 Å². The first kappa shape index (κ1) is 70.6. The van der Waals surface area contributed by atoms with Crippen LogP contribution in [-0.2, 0) is 28.6 Å². The minimum atomic E-state index is -0.778. The van der Waals surface area contributed by atoms with Gasteiger partial charge in [-0.05, 0) is 77.0 Å². The van der Waals surface area contributed by atoms with Gasteiger partial charge in [-0.2, -0.15) is 0 Å². The van der Waals surface area contributed by atoms with E-state index in [9.17, 15) is 14.4 Å². The summed E-state index contributed by atoms with van der Waals surface area (Å²) in [7, 11) is 0. The Hall–Kier alpha value is -2.37. The lowest BCUT2D eigenvalue weighted by atomic mass is 10.0. The van der Waals surface area contributed by atoms with Crippen LogP contribution in [0.4, 0.5) is 0 Å². The van der Waals surface area contributed by atoms with Gasteiger partial charge in [-0.25, -0.2) is 0 Å². The van der Waals surface area contributed by atoms with Crippen molar-refractivity contribution in [3.63, 3.8) is 0 Å². The Morgan fingerprint density at radius 1 is 0.274 bits per heavy atom. The van der Waals surface area contributed by atoms with Gasteiger partial charge >= 0.3 is 17.9 Å². The van der Waals surface area contributed by atoms with Crippen LogP contribution in [-0.4, -0.2) is 37.2 Å². The summed E-state index contributed by atoms with van der Waals surface area (Å²) in [6.45, 7) is 6.66. The summed E-state index contributed by atoms with van der Waals surface area (Å²) in [5.41, 5.74) is 0. The molecule has 0 aromatic heterocycles. The third-order valence-electron chi connectivity index (χ3n) is 14.6. The molecular formula is C67H124O6. The fourth-order valence-electron chi connectivity index (χ4n) is 9.71. The molecule has 0 N–H and O–H groups in total. The zero-order chi connectivity index (χ0) is 52.9. The molecule has 6 heteroatoms. The Bertz CT molecular complexity index is 1220. The molecule has 73 heavy (non-hydrogen) atoms. The number of esters is 3. The van der Waals surface area contributed by atoms with Crippen LogP contribution in [0.25, 0.3) is 0 Å². The highest BCUT2D eigenvalue weighted by Gasteiger charge is 2.19. The third kappa shape index (κ3) is 60.4. The van der Waals surface area contributed by atoms with E-state index in [0.717, 1.165) is 77.0 Å². The van der Waals surface area contributed by atoms with E-state index in [0.29, 0.717) is 19.3 Å². The molecule has 0 bridgehead atoms. The standard InChI is InChI=1S/C67H124O6/c1-4-7-10-13-16-19-22-25-28-30-31-32-33-34-35-37-39-42-45-48-51-54-57-60-66(69)72-63-64(62-71-65(68)59-56-53-50-47-44-41-38-27-24-21-18-15-12-9-6-3)73-67(70)61-58-55-52-49-46-43-40-36-29-26-23-20-17-14-11-8-5-2/h17,20,26-27,29,38,64H,4-16,18-19,21-25,28,30-37,39-63H2,1-3H3/b20-17-,29-26-,38-27-. The number of unbranched alkanes of at least 4 members (excludes halogenated alkanes) is 43. The van der Waals surface area contributed by atoms with E-state index in [4.69, 9.17) is 14.2 Å². The summed E-state index contributed by atoms with van der Waals surface area (Å²) in [6, 6.07) is 0. The SMILES string of the molecule is CCCCC/C=C\C/C=C\CCCCCCCCCC(=O)OC(COC(=O)CCCCCCC/C=C\CCCCCCCC)COC(=O)CCCCCCCCCCCCCCCCCCCCCCCCC. The van der Waals surface area contributed by atoms with Crippen molar-refractivity contribution in [3.8, 4) is 0 Å². The number of rotatable bonds is 60. The fourth-order valence-corrected chi connectivity index (χ4v) is 9.71. The van der Waals surface area contributed by atoms with Crippen molar-refractivity contribution in [2.45, 2.75) is 361 Å². The molecule has 0 amide bonds. The first-order valence-corrected chi connectivity index (χ1v) is 32.5. The molecular weight excluding hydrogens is 901 g/mol. The average molecular weight is 1030 g/mol. The van der Waals surface area contributed by atoms with Crippen molar-refractivity contribution in [2.75, 3.05) is 13.2 Å².